The summed E-state index contributed by atoms with van der Waals surface area (Å²) in [6, 6.07) is 12.8. The van der Waals surface area contributed by atoms with Crippen LogP contribution in [0.2, 0.25) is 10.0 Å². The number of halogens is 2. The molecule has 1 aliphatic heterocycles. The third kappa shape index (κ3) is 4.65. The second-order valence-electron chi connectivity index (χ2n) is 6.36. The summed E-state index contributed by atoms with van der Waals surface area (Å²) in [6.07, 6.45) is 0.850. The summed E-state index contributed by atoms with van der Waals surface area (Å²) < 4.78 is 5.73. The molecule has 4 atom stereocenters. The van der Waals surface area contributed by atoms with Gasteiger partial charge in [0.2, 0.25) is 0 Å². The number of aliphatic hydroxyl groups excluding tert-OH is 3. The summed E-state index contributed by atoms with van der Waals surface area (Å²) in [7, 11) is 0. The number of ether oxygens (including phenoxy) is 1. The lowest BCUT2D eigenvalue weighted by Gasteiger charge is -2.36. The van der Waals surface area contributed by atoms with E-state index in [1.165, 1.54) is 0 Å². The van der Waals surface area contributed by atoms with Crippen LogP contribution in [0, 0.1) is 0 Å². The molecular formula is C20H20Cl2O4. The van der Waals surface area contributed by atoms with Crippen molar-refractivity contribution in [3.63, 3.8) is 0 Å². The van der Waals surface area contributed by atoms with E-state index < -0.39 is 24.4 Å². The lowest BCUT2D eigenvalue weighted by Crippen LogP contribution is -2.44. The molecule has 6 heteroatoms. The first kappa shape index (κ1) is 19.4. The molecule has 0 aliphatic carbocycles. The minimum absolute atomic E-state index is 0.199. The van der Waals surface area contributed by atoms with E-state index >= 15 is 0 Å². The molecule has 1 heterocycles. The zero-order chi connectivity index (χ0) is 18.7. The normalized spacial score (nSPS) is 26.3. The molecule has 3 rings (SSSR count). The summed E-state index contributed by atoms with van der Waals surface area (Å²) >= 11 is 12.0. The lowest BCUT2D eigenvalue weighted by molar-refractivity contribution is -0.179. The lowest BCUT2D eigenvalue weighted by atomic mass is 9.92. The Hall–Kier alpha value is -1.40. The van der Waals surface area contributed by atoms with E-state index in [0.29, 0.717) is 10.0 Å². The average molecular weight is 395 g/mol. The number of hydrogen-bond donors (Lipinski definition) is 3. The van der Waals surface area contributed by atoms with E-state index in [0.717, 1.165) is 16.7 Å². The highest BCUT2D eigenvalue weighted by Gasteiger charge is 2.37. The Bertz CT molecular complexity index is 773. The SMILES string of the molecule is OCC1CC(O)C(O)C(c2cccc(C=Cc3cc(Cl)cc(Cl)c3)c2)O1. The standard InChI is InChI=1S/C20H20Cl2O4/c21-15-7-13(8-16(22)9-15)5-4-12-2-1-3-14(6-12)20-19(25)18(24)10-17(11-23)26-20/h1-9,17-20,23-25H,10-11H2. The predicted octanol–water partition coefficient (Wildman–Crippen LogP) is 3.71. The van der Waals surface area contributed by atoms with Crippen LogP contribution in [-0.2, 0) is 4.74 Å². The first-order valence-electron chi connectivity index (χ1n) is 8.33. The van der Waals surface area contributed by atoms with Gasteiger partial charge in [-0.15, -0.1) is 0 Å². The molecule has 0 saturated carbocycles. The average Bonchev–Trinajstić information content (AvgIpc) is 2.61. The maximum absolute atomic E-state index is 10.3. The van der Waals surface area contributed by atoms with E-state index in [1.807, 2.05) is 48.6 Å². The van der Waals surface area contributed by atoms with Crippen LogP contribution in [0.1, 0.15) is 29.2 Å². The monoisotopic (exact) mass is 394 g/mol. The Morgan fingerprint density at radius 3 is 2.38 bits per heavy atom. The van der Waals surface area contributed by atoms with Crippen LogP contribution >= 0.6 is 23.2 Å². The van der Waals surface area contributed by atoms with E-state index in [-0.39, 0.29) is 13.0 Å². The van der Waals surface area contributed by atoms with Crippen LogP contribution < -0.4 is 0 Å². The summed E-state index contributed by atoms with van der Waals surface area (Å²) in [5.74, 6) is 0. The maximum Gasteiger partial charge on any atom is 0.111 e. The largest absolute Gasteiger partial charge is 0.394 e. The summed E-state index contributed by atoms with van der Waals surface area (Å²) in [6.45, 7) is -0.199. The Morgan fingerprint density at radius 2 is 1.69 bits per heavy atom. The number of hydrogen-bond acceptors (Lipinski definition) is 4. The highest BCUT2D eigenvalue weighted by atomic mass is 35.5. The molecule has 0 aromatic heterocycles. The second-order valence-corrected chi connectivity index (χ2v) is 7.23. The van der Waals surface area contributed by atoms with Crippen molar-refractivity contribution in [3.05, 3.63) is 69.2 Å². The molecule has 0 amide bonds. The summed E-state index contributed by atoms with van der Waals surface area (Å²) in [4.78, 5) is 0. The van der Waals surface area contributed by atoms with Crippen molar-refractivity contribution >= 4 is 35.4 Å². The van der Waals surface area contributed by atoms with Gasteiger partial charge in [0.1, 0.15) is 12.2 Å². The van der Waals surface area contributed by atoms with Crippen molar-refractivity contribution < 1.29 is 20.1 Å². The molecule has 2 aromatic carbocycles. The smallest absolute Gasteiger partial charge is 0.111 e. The van der Waals surface area contributed by atoms with Gasteiger partial charge in [-0.2, -0.15) is 0 Å². The highest BCUT2D eigenvalue weighted by molar-refractivity contribution is 6.34. The fourth-order valence-corrected chi connectivity index (χ4v) is 3.59. The fourth-order valence-electron chi connectivity index (χ4n) is 3.05. The molecule has 2 aromatic rings. The molecule has 26 heavy (non-hydrogen) atoms. The van der Waals surface area contributed by atoms with E-state index in [4.69, 9.17) is 27.9 Å². The Balaban J connectivity index is 1.82. The van der Waals surface area contributed by atoms with Crippen molar-refractivity contribution in [2.24, 2.45) is 0 Å². The van der Waals surface area contributed by atoms with Crippen LogP contribution in [0.4, 0.5) is 0 Å². The number of benzene rings is 2. The van der Waals surface area contributed by atoms with Crippen molar-refractivity contribution in [2.45, 2.75) is 30.8 Å². The topological polar surface area (TPSA) is 69.9 Å². The third-order valence-electron chi connectivity index (χ3n) is 4.34. The second kappa shape index (κ2) is 8.53. The van der Waals surface area contributed by atoms with Crippen LogP contribution in [0.15, 0.2) is 42.5 Å². The molecule has 3 N–H and O–H groups in total. The van der Waals surface area contributed by atoms with Crippen molar-refractivity contribution in [1.29, 1.82) is 0 Å². The molecule has 4 nitrogen and oxygen atoms in total. The third-order valence-corrected chi connectivity index (χ3v) is 4.78. The Morgan fingerprint density at radius 1 is 1.00 bits per heavy atom. The van der Waals surface area contributed by atoms with Crippen molar-refractivity contribution in [2.75, 3.05) is 6.61 Å². The minimum Gasteiger partial charge on any atom is -0.394 e. The summed E-state index contributed by atoms with van der Waals surface area (Å²) in [5, 5.41) is 30.7. The summed E-state index contributed by atoms with van der Waals surface area (Å²) in [5.41, 5.74) is 2.51. The number of aliphatic hydroxyl groups is 3. The van der Waals surface area contributed by atoms with Gasteiger partial charge in [0.05, 0.1) is 18.8 Å². The van der Waals surface area contributed by atoms with E-state index in [9.17, 15) is 15.3 Å². The Kier molecular flexibility index (Phi) is 6.35. The minimum atomic E-state index is -1.04. The molecule has 4 unspecified atom stereocenters. The molecule has 0 radical (unpaired) electrons. The zero-order valence-corrected chi connectivity index (χ0v) is 15.4. The molecule has 1 fully saturated rings. The molecule has 138 valence electrons. The first-order chi connectivity index (χ1) is 12.5. The van der Waals surface area contributed by atoms with Crippen LogP contribution in [0.3, 0.4) is 0 Å². The van der Waals surface area contributed by atoms with E-state index in [1.54, 1.807) is 6.07 Å². The van der Waals surface area contributed by atoms with Gasteiger partial charge < -0.3 is 20.1 Å². The molecule has 1 saturated heterocycles. The number of rotatable bonds is 4. The van der Waals surface area contributed by atoms with Gasteiger partial charge >= 0.3 is 0 Å². The van der Waals surface area contributed by atoms with Gasteiger partial charge in [-0.25, -0.2) is 0 Å². The van der Waals surface area contributed by atoms with Gasteiger partial charge in [-0.1, -0.05) is 53.6 Å². The molecule has 0 spiro atoms. The molecule has 0 bridgehead atoms. The van der Waals surface area contributed by atoms with Gasteiger partial charge in [0, 0.05) is 16.5 Å². The van der Waals surface area contributed by atoms with Crippen LogP contribution in [-0.4, -0.2) is 40.2 Å². The highest BCUT2D eigenvalue weighted by Crippen LogP contribution is 2.32. The molecular weight excluding hydrogens is 375 g/mol. The van der Waals surface area contributed by atoms with Crippen LogP contribution in [0.5, 0.6) is 0 Å². The first-order valence-corrected chi connectivity index (χ1v) is 9.08. The molecule has 1 aliphatic rings. The van der Waals surface area contributed by atoms with Gasteiger partial charge in [0.15, 0.2) is 0 Å². The van der Waals surface area contributed by atoms with Crippen molar-refractivity contribution in [1.82, 2.24) is 0 Å². The van der Waals surface area contributed by atoms with Gasteiger partial charge in [-0.3, -0.25) is 0 Å². The van der Waals surface area contributed by atoms with Crippen LogP contribution in [0.25, 0.3) is 12.2 Å². The predicted molar refractivity (Wildman–Crippen MR) is 103 cm³/mol. The van der Waals surface area contributed by atoms with Crippen molar-refractivity contribution in [3.8, 4) is 0 Å². The van der Waals surface area contributed by atoms with Gasteiger partial charge in [0.25, 0.3) is 0 Å². The Labute approximate surface area is 162 Å². The zero-order valence-electron chi connectivity index (χ0n) is 13.9. The van der Waals surface area contributed by atoms with E-state index in [2.05, 4.69) is 0 Å². The fraction of sp³-hybridized carbons (Fsp3) is 0.300. The van der Waals surface area contributed by atoms with Gasteiger partial charge in [-0.05, 0) is 41.0 Å². The quantitative estimate of drug-likeness (QED) is 0.691. The maximum atomic E-state index is 10.3.